The van der Waals surface area contributed by atoms with Crippen LogP contribution in [-0.2, 0) is 32.5 Å². The maximum Gasteiger partial charge on any atom is 0.241 e. The summed E-state index contributed by atoms with van der Waals surface area (Å²) in [5, 5.41) is 2.83. The van der Waals surface area contributed by atoms with E-state index in [2.05, 4.69) is 5.32 Å². The molecule has 0 saturated carbocycles. The SMILES string of the molecule is COCCS(=O)Cc1cccc(NC(=O)[C@@H](N)Cc2ccccc2)c1. The Morgan fingerprint density at radius 1 is 1.16 bits per heavy atom. The zero-order chi connectivity index (χ0) is 18.1. The molecule has 0 aliphatic rings. The van der Waals surface area contributed by atoms with E-state index < -0.39 is 16.8 Å². The van der Waals surface area contributed by atoms with E-state index in [0.29, 0.717) is 30.2 Å². The first-order valence-corrected chi connectivity index (χ1v) is 9.60. The van der Waals surface area contributed by atoms with Gasteiger partial charge in [-0.1, -0.05) is 42.5 Å². The third-order valence-corrected chi connectivity index (χ3v) is 4.95. The van der Waals surface area contributed by atoms with E-state index in [9.17, 15) is 9.00 Å². The van der Waals surface area contributed by atoms with Gasteiger partial charge in [-0.15, -0.1) is 0 Å². The van der Waals surface area contributed by atoms with Crippen molar-refractivity contribution < 1.29 is 13.7 Å². The lowest BCUT2D eigenvalue weighted by atomic mass is 10.1. The van der Waals surface area contributed by atoms with Gasteiger partial charge >= 0.3 is 0 Å². The van der Waals surface area contributed by atoms with Crippen LogP contribution in [-0.4, -0.2) is 35.6 Å². The smallest absolute Gasteiger partial charge is 0.241 e. The molecule has 6 heteroatoms. The third-order valence-electron chi connectivity index (χ3n) is 3.67. The van der Waals surface area contributed by atoms with Crippen molar-refractivity contribution in [2.45, 2.75) is 18.2 Å². The first-order chi connectivity index (χ1) is 12.1. The summed E-state index contributed by atoms with van der Waals surface area (Å²) in [6.45, 7) is 0.470. The van der Waals surface area contributed by atoms with Crippen LogP contribution in [0.15, 0.2) is 54.6 Å². The molecule has 0 radical (unpaired) electrons. The highest BCUT2D eigenvalue weighted by Gasteiger charge is 2.14. The second-order valence-corrected chi connectivity index (χ2v) is 7.34. The van der Waals surface area contributed by atoms with Gasteiger partial charge < -0.3 is 15.8 Å². The number of anilines is 1. The zero-order valence-electron chi connectivity index (χ0n) is 14.3. The highest BCUT2D eigenvalue weighted by atomic mass is 32.2. The fraction of sp³-hybridized carbons (Fsp3) is 0.316. The summed E-state index contributed by atoms with van der Waals surface area (Å²) in [5.74, 6) is 0.694. The lowest BCUT2D eigenvalue weighted by Crippen LogP contribution is -2.37. The number of rotatable bonds is 9. The number of hydrogen-bond donors (Lipinski definition) is 2. The third kappa shape index (κ3) is 6.78. The van der Waals surface area contributed by atoms with Crippen LogP contribution >= 0.6 is 0 Å². The standard InChI is InChI=1S/C19H24N2O3S/c1-24-10-11-25(23)14-16-8-5-9-17(12-16)21-19(22)18(20)13-15-6-3-2-4-7-15/h2-9,12,18H,10-11,13-14,20H2,1H3,(H,21,22)/t18-,25?/m0/s1. The molecule has 2 aromatic rings. The van der Waals surface area contributed by atoms with Gasteiger partial charge in [-0.3, -0.25) is 9.00 Å². The largest absolute Gasteiger partial charge is 0.384 e. The fourth-order valence-electron chi connectivity index (χ4n) is 2.37. The topological polar surface area (TPSA) is 81.4 Å². The Morgan fingerprint density at radius 3 is 2.60 bits per heavy atom. The van der Waals surface area contributed by atoms with Crippen LogP contribution in [0.25, 0.3) is 0 Å². The minimum absolute atomic E-state index is 0.235. The van der Waals surface area contributed by atoms with Crippen molar-refractivity contribution in [2.75, 3.05) is 24.8 Å². The Hall–Kier alpha value is -2.02. The molecule has 1 unspecified atom stereocenters. The van der Waals surface area contributed by atoms with Crippen molar-refractivity contribution in [1.29, 1.82) is 0 Å². The summed E-state index contributed by atoms with van der Waals surface area (Å²) in [7, 11) is 0.600. The molecule has 5 nitrogen and oxygen atoms in total. The molecule has 0 saturated heterocycles. The van der Waals surface area contributed by atoms with E-state index in [1.807, 2.05) is 48.5 Å². The molecule has 1 amide bonds. The molecule has 2 aromatic carbocycles. The molecule has 25 heavy (non-hydrogen) atoms. The zero-order valence-corrected chi connectivity index (χ0v) is 15.1. The Labute approximate surface area is 151 Å². The summed E-state index contributed by atoms with van der Waals surface area (Å²) in [5.41, 5.74) is 8.59. The molecule has 0 aromatic heterocycles. The molecule has 0 fully saturated rings. The average Bonchev–Trinajstić information content (AvgIpc) is 2.61. The molecule has 0 aliphatic heterocycles. The second kappa shape index (κ2) is 10.1. The van der Waals surface area contributed by atoms with Crippen molar-refractivity contribution in [1.82, 2.24) is 0 Å². The van der Waals surface area contributed by atoms with Gasteiger partial charge in [0.25, 0.3) is 0 Å². The molecule has 0 aliphatic carbocycles. The Kier molecular flexibility index (Phi) is 7.78. The van der Waals surface area contributed by atoms with E-state index in [-0.39, 0.29) is 5.91 Å². The summed E-state index contributed by atoms with van der Waals surface area (Å²) in [6.07, 6.45) is 0.480. The molecular weight excluding hydrogens is 336 g/mol. The number of carbonyl (C=O) groups excluding carboxylic acids is 1. The number of nitrogens with one attached hydrogen (secondary N) is 1. The quantitative estimate of drug-likeness (QED) is 0.717. The molecule has 134 valence electrons. The van der Waals surface area contributed by atoms with Crippen LogP contribution in [0.4, 0.5) is 5.69 Å². The van der Waals surface area contributed by atoms with E-state index in [0.717, 1.165) is 11.1 Å². The number of hydrogen-bond acceptors (Lipinski definition) is 4. The number of amides is 1. The van der Waals surface area contributed by atoms with Gasteiger partial charge in [0.2, 0.25) is 5.91 Å². The monoisotopic (exact) mass is 360 g/mol. The minimum Gasteiger partial charge on any atom is -0.384 e. The lowest BCUT2D eigenvalue weighted by Gasteiger charge is -2.13. The second-order valence-electron chi connectivity index (χ2n) is 5.77. The molecule has 2 rings (SSSR count). The molecular formula is C19H24N2O3S. The molecule has 0 bridgehead atoms. The predicted molar refractivity (Wildman–Crippen MR) is 102 cm³/mol. The van der Waals surface area contributed by atoms with Crippen LogP contribution < -0.4 is 11.1 Å². The van der Waals surface area contributed by atoms with E-state index in [1.165, 1.54) is 0 Å². The van der Waals surface area contributed by atoms with Crippen LogP contribution in [0.1, 0.15) is 11.1 Å². The van der Waals surface area contributed by atoms with Gasteiger partial charge in [0.1, 0.15) is 0 Å². The van der Waals surface area contributed by atoms with Gasteiger partial charge in [0.15, 0.2) is 0 Å². The minimum atomic E-state index is -0.990. The highest BCUT2D eigenvalue weighted by molar-refractivity contribution is 7.84. The normalized spacial score (nSPS) is 13.2. The van der Waals surface area contributed by atoms with Gasteiger partial charge in [-0.05, 0) is 29.7 Å². The van der Waals surface area contributed by atoms with Crippen molar-refractivity contribution in [3.05, 3.63) is 65.7 Å². The maximum atomic E-state index is 12.3. The van der Waals surface area contributed by atoms with Crippen molar-refractivity contribution in [2.24, 2.45) is 5.73 Å². The predicted octanol–water partition coefficient (Wildman–Crippen LogP) is 2.09. The highest BCUT2D eigenvalue weighted by Crippen LogP contribution is 2.13. The van der Waals surface area contributed by atoms with Gasteiger partial charge in [-0.2, -0.15) is 0 Å². The van der Waals surface area contributed by atoms with Gasteiger partial charge in [-0.25, -0.2) is 0 Å². The first kappa shape index (κ1) is 19.3. The summed E-state index contributed by atoms with van der Waals surface area (Å²) in [4.78, 5) is 12.3. The first-order valence-electron chi connectivity index (χ1n) is 8.11. The molecule has 3 N–H and O–H groups in total. The summed E-state index contributed by atoms with van der Waals surface area (Å²) in [6, 6.07) is 16.4. The lowest BCUT2D eigenvalue weighted by molar-refractivity contribution is -0.117. The van der Waals surface area contributed by atoms with Crippen molar-refractivity contribution in [3.63, 3.8) is 0 Å². The van der Waals surface area contributed by atoms with E-state index in [4.69, 9.17) is 10.5 Å². The molecule has 0 heterocycles. The van der Waals surface area contributed by atoms with Gasteiger partial charge in [0, 0.05) is 35.1 Å². The van der Waals surface area contributed by atoms with E-state index >= 15 is 0 Å². The van der Waals surface area contributed by atoms with Crippen molar-refractivity contribution >= 4 is 22.4 Å². The van der Waals surface area contributed by atoms with Crippen LogP contribution in [0.2, 0.25) is 0 Å². The average molecular weight is 360 g/mol. The van der Waals surface area contributed by atoms with Crippen LogP contribution in [0.5, 0.6) is 0 Å². The number of carbonyl (C=O) groups is 1. The molecule has 0 spiro atoms. The van der Waals surface area contributed by atoms with Gasteiger partial charge in [0.05, 0.1) is 12.6 Å². The fourth-order valence-corrected chi connectivity index (χ4v) is 3.42. The number of ether oxygens (including phenoxy) is 1. The van der Waals surface area contributed by atoms with E-state index in [1.54, 1.807) is 13.2 Å². The number of methoxy groups -OCH3 is 1. The Morgan fingerprint density at radius 2 is 1.88 bits per heavy atom. The maximum absolute atomic E-state index is 12.3. The number of benzene rings is 2. The Bertz CT molecular complexity index is 707. The molecule has 2 atom stereocenters. The summed E-state index contributed by atoms with van der Waals surface area (Å²) >= 11 is 0. The van der Waals surface area contributed by atoms with Crippen LogP contribution in [0, 0.1) is 0 Å². The summed E-state index contributed by atoms with van der Waals surface area (Å²) < 4.78 is 16.9. The Balaban J connectivity index is 1.92. The number of nitrogens with two attached hydrogens (primary N) is 1. The van der Waals surface area contributed by atoms with Crippen LogP contribution in [0.3, 0.4) is 0 Å². The van der Waals surface area contributed by atoms with Crippen molar-refractivity contribution in [3.8, 4) is 0 Å².